The molecule has 0 bridgehead atoms. The smallest absolute Gasteiger partial charge is 0.131 e. The van der Waals surface area contributed by atoms with E-state index in [4.69, 9.17) is 0 Å². The van der Waals surface area contributed by atoms with Crippen LogP contribution >= 0.6 is 0 Å². The number of hydrogen-bond donors (Lipinski definition) is 0. The number of allylic oxidation sites excluding steroid dienone is 2. The maximum atomic E-state index is 14.5. The fraction of sp³-hybridized carbons (Fsp3) is 0.333. The summed E-state index contributed by atoms with van der Waals surface area (Å²) >= 11 is 0. The highest BCUT2D eigenvalue weighted by atomic mass is 19.1. The molecule has 2 aromatic rings. The van der Waals surface area contributed by atoms with Gasteiger partial charge in [-0.3, -0.25) is 0 Å². The van der Waals surface area contributed by atoms with Crippen LogP contribution in [-0.4, -0.2) is 0 Å². The van der Waals surface area contributed by atoms with Crippen LogP contribution in [0.4, 0.5) is 8.78 Å². The third kappa shape index (κ3) is 3.69. The fourth-order valence-corrected chi connectivity index (χ4v) is 3.23. The van der Waals surface area contributed by atoms with Gasteiger partial charge in [0.05, 0.1) is 0 Å². The number of benzene rings is 2. The molecule has 0 heterocycles. The third-order valence-electron chi connectivity index (χ3n) is 4.57. The number of hydrogen-bond acceptors (Lipinski definition) is 0. The van der Waals surface area contributed by atoms with Crippen LogP contribution in [0.5, 0.6) is 0 Å². The van der Waals surface area contributed by atoms with Crippen LogP contribution in [-0.2, 0) is 12.8 Å². The van der Waals surface area contributed by atoms with Crippen molar-refractivity contribution in [1.82, 2.24) is 0 Å². The summed E-state index contributed by atoms with van der Waals surface area (Å²) in [6.07, 6.45) is 8.83. The molecule has 0 unspecified atom stereocenters. The molecule has 23 heavy (non-hydrogen) atoms. The van der Waals surface area contributed by atoms with Gasteiger partial charge in [0.25, 0.3) is 0 Å². The van der Waals surface area contributed by atoms with Crippen molar-refractivity contribution in [2.45, 2.75) is 45.4 Å². The minimum Gasteiger partial charge on any atom is -0.207 e. The molecule has 0 aromatic heterocycles. The first kappa shape index (κ1) is 15.9. The van der Waals surface area contributed by atoms with Gasteiger partial charge in [-0.1, -0.05) is 43.5 Å². The average Bonchev–Trinajstić information content (AvgIpc) is 2.55. The molecule has 0 saturated heterocycles. The predicted octanol–water partition coefficient (Wildman–Crippen LogP) is 6.24. The van der Waals surface area contributed by atoms with Crippen LogP contribution in [0.15, 0.2) is 48.0 Å². The van der Waals surface area contributed by atoms with Crippen molar-refractivity contribution < 1.29 is 8.78 Å². The van der Waals surface area contributed by atoms with E-state index < -0.39 is 0 Å². The average molecular weight is 312 g/mol. The van der Waals surface area contributed by atoms with E-state index in [1.807, 2.05) is 6.07 Å². The molecule has 3 rings (SSSR count). The van der Waals surface area contributed by atoms with Crippen molar-refractivity contribution in [2.24, 2.45) is 0 Å². The van der Waals surface area contributed by atoms with Gasteiger partial charge in [0.15, 0.2) is 0 Å². The van der Waals surface area contributed by atoms with E-state index in [1.165, 1.54) is 42.5 Å². The van der Waals surface area contributed by atoms with Crippen molar-refractivity contribution in [3.63, 3.8) is 0 Å². The Morgan fingerprint density at radius 3 is 2.48 bits per heavy atom. The Bertz CT molecular complexity index is 711. The van der Waals surface area contributed by atoms with Crippen molar-refractivity contribution in [3.05, 3.63) is 70.8 Å². The molecule has 2 aromatic carbocycles. The number of rotatable bonds is 5. The quantitative estimate of drug-likeness (QED) is 0.453. The van der Waals surface area contributed by atoms with Gasteiger partial charge < -0.3 is 0 Å². The molecule has 120 valence electrons. The molecule has 0 saturated carbocycles. The monoisotopic (exact) mass is 312 g/mol. The van der Waals surface area contributed by atoms with Gasteiger partial charge in [-0.2, -0.15) is 0 Å². The molecule has 0 atom stereocenters. The Morgan fingerprint density at radius 1 is 0.957 bits per heavy atom. The van der Waals surface area contributed by atoms with E-state index in [9.17, 15) is 8.78 Å². The number of unbranched alkanes of at least 4 members (excludes halogenated alkanes) is 2. The molecule has 0 radical (unpaired) electrons. The summed E-state index contributed by atoms with van der Waals surface area (Å²) in [6.45, 7) is 2.21. The Hall–Kier alpha value is -1.96. The van der Waals surface area contributed by atoms with Crippen molar-refractivity contribution in [2.75, 3.05) is 0 Å². The van der Waals surface area contributed by atoms with Gasteiger partial charge in [0.2, 0.25) is 0 Å². The SMILES string of the molecule is CCCCCC1=CCc2cc(-c3ccc(F)cc3)c(F)cc2C1. The van der Waals surface area contributed by atoms with Crippen LogP contribution in [0.25, 0.3) is 11.1 Å². The van der Waals surface area contributed by atoms with Crippen LogP contribution in [0.3, 0.4) is 0 Å². The van der Waals surface area contributed by atoms with Gasteiger partial charge in [-0.05, 0) is 66.6 Å². The normalized spacial score (nSPS) is 13.6. The molecular weight excluding hydrogens is 290 g/mol. The molecule has 2 heteroatoms. The maximum absolute atomic E-state index is 14.5. The van der Waals surface area contributed by atoms with E-state index in [0.29, 0.717) is 5.56 Å². The summed E-state index contributed by atoms with van der Waals surface area (Å²) in [4.78, 5) is 0. The predicted molar refractivity (Wildman–Crippen MR) is 91.4 cm³/mol. The largest absolute Gasteiger partial charge is 0.207 e. The molecule has 0 amide bonds. The topological polar surface area (TPSA) is 0 Å². The second kappa shape index (κ2) is 7.08. The maximum Gasteiger partial charge on any atom is 0.131 e. The van der Waals surface area contributed by atoms with Crippen LogP contribution in [0.1, 0.15) is 43.7 Å². The zero-order valence-electron chi connectivity index (χ0n) is 13.5. The standard InChI is InChI=1S/C21H22F2/c1-2-3-4-5-15-6-7-17-13-20(21(23)14-18(17)12-15)16-8-10-19(22)11-9-16/h6,8-11,13-14H,2-5,7,12H2,1H3. The van der Waals surface area contributed by atoms with E-state index >= 15 is 0 Å². The zero-order valence-corrected chi connectivity index (χ0v) is 13.5. The summed E-state index contributed by atoms with van der Waals surface area (Å²) in [5, 5.41) is 0. The highest BCUT2D eigenvalue weighted by Crippen LogP contribution is 2.31. The molecule has 1 aliphatic rings. The number of fused-ring (bicyclic) bond motifs is 1. The van der Waals surface area contributed by atoms with Crippen LogP contribution in [0.2, 0.25) is 0 Å². The highest BCUT2D eigenvalue weighted by molar-refractivity contribution is 5.66. The Kier molecular flexibility index (Phi) is 4.90. The first-order valence-electron chi connectivity index (χ1n) is 8.42. The van der Waals surface area contributed by atoms with E-state index in [2.05, 4.69) is 13.0 Å². The molecule has 0 fully saturated rings. The van der Waals surface area contributed by atoms with Crippen LogP contribution in [0, 0.1) is 11.6 Å². The van der Waals surface area contributed by atoms with E-state index in [-0.39, 0.29) is 11.6 Å². The van der Waals surface area contributed by atoms with Crippen molar-refractivity contribution in [1.29, 1.82) is 0 Å². The van der Waals surface area contributed by atoms with Gasteiger partial charge in [0.1, 0.15) is 11.6 Å². The second-order valence-corrected chi connectivity index (χ2v) is 6.31. The molecule has 0 aliphatic heterocycles. The first-order chi connectivity index (χ1) is 11.2. The zero-order chi connectivity index (χ0) is 16.2. The van der Waals surface area contributed by atoms with Crippen molar-refractivity contribution >= 4 is 0 Å². The summed E-state index contributed by atoms with van der Waals surface area (Å²) in [6, 6.07) is 9.61. The minimum absolute atomic E-state index is 0.217. The first-order valence-corrected chi connectivity index (χ1v) is 8.42. The van der Waals surface area contributed by atoms with Gasteiger partial charge >= 0.3 is 0 Å². The molecular formula is C21H22F2. The second-order valence-electron chi connectivity index (χ2n) is 6.31. The molecule has 0 spiro atoms. The lowest BCUT2D eigenvalue weighted by atomic mass is 9.87. The van der Waals surface area contributed by atoms with Crippen molar-refractivity contribution in [3.8, 4) is 11.1 Å². The van der Waals surface area contributed by atoms with E-state index in [0.717, 1.165) is 30.4 Å². The van der Waals surface area contributed by atoms with Gasteiger partial charge in [-0.25, -0.2) is 8.78 Å². The summed E-state index contributed by atoms with van der Waals surface area (Å²) in [5.74, 6) is -0.517. The van der Waals surface area contributed by atoms with E-state index in [1.54, 1.807) is 18.2 Å². The highest BCUT2D eigenvalue weighted by Gasteiger charge is 2.15. The lowest BCUT2D eigenvalue weighted by molar-refractivity contribution is 0.624. The fourth-order valence-electron chi connectivity index (χ4n) is 3.23. The Morgan fingerprint density at radius 2 is 1.74 bits per heavy atom. The van der Waals surface area contributed by atoms with Gasteiger partial charge in [-0.15, -0.1) is 0 Å². The summed E-state index contributed by atoms with van der Waals surface area (Å²) < 4.78 is 27.5. The summed E-state index contributed by atoms with van der Waals surface area (Å²) in [5.41, 5.74) is 5.00. The molecule has 1 aliphatic carbocycles. The van der Waals surface area contributed by atoms with Crippen LogP contribution < -0.4 is 0 Å². The Balaban J connectivity index is 1.82. The number of halogens is 2. The third-order valence-corrected chi connectivity index (χ3v) is 4.57. The summed E-state index contributed by atoms with van der Waals surface area (Å²) in [7, 11) is 0. The minimum atomic E-state index is -0.299. The lowest BCUT2D eigenvalue weighted by Crippen LogP contribution is -2.05. The molecule has 0 N–H and O–H groups in total. The molecule has 0 nitrogen and oxygen atoms in total. The van der Waals surface area contributed by atoms with Gasteiger partial charge in [0, 0.05) is 5.56 Å². The lowest BCUT2D eigenvalue weighted by Gasteiger charge is -2.19. The Labute approximate surface area is 136 Å².